The van der Waals surface area contributed by atoms with Crippen LogP contribution in [0.4, 0.5) is 4.79 Å². The highest BCUT2D eigenvalue weighted by Crippen LogP contribution is 2.19. The fourth-order valence-electron chi connectivity index (χ4n) is 1.07. The second-order valence-corrected chi connectivity index (χ2v) is 3.77. The first-order valence-corrected chi connectivity index (χ1v) is 5.00. The van der Waals surface area contributed by atoms with Crippen LogP contribution >= 0.6 is 0 Å². The van der Waals surface area contributed by atoms with E-state index in [1.54, 1.807) is 24.3 Å². The Morgan fingerprint density at radius 2 is 1.71 bits per heavy atom. The molecule has 17 heavy (non-hydrogen) atoms. The summed E-state index contributed by atoms with van der Waals surface area (Å²) in [6.07, 6.45) is -1.06. The Labute approximate surface area is 99.3 Å². The third-order valence-electron chi connectivity index (χ3n) is 1.95. The van der Waals surface area contributed by atoms with E-state index >= 15 is 0 Å². The minimum Gasteiger partial charge on any atom is -0.476 e. The average molecular weight is 238 g/mol. The lowest BCUT2D eigenvalue weighted by atomic mass is 10.1. The van der Waals surface area contributed by atoms with Crippen molar-refractivity contribution in [3.63, 3.8) is 0 Å². The highest BCUT2D eigenvalue weighted by molar-refractivity contribution is 5.87. The monoisotopic (exact) mass is 238 g/mol. The van der Waals surface area contributed by atoms with Gasteiger partial charge in [-0.15, -0.1) is 0 Å². The number of ether oxygens (including phenoxy) is 3. The second-order valence-electron chi connectivity index (χ2n) is 3.77. The van der Waals surface area contributed by atoms with Crippen LogP contribution in [0.2, 0.25) is 0 Å². The maximum absolute atomic E-state index is 11.6. The Morgan fingerprint density at radius 1 is 1.12 bits per heavy atom. The minimum atomic E-state index is -1.27. The fraction of sp³-hybridized carbons (Fsp3) is 0.333. The van der Waals surface area contributed by atoms with Gasteiger partial charge in [0.1, 0.15) is 5.75 Å². The summed E-state index contributed by atoms with van der Waals surface area (Å²) in [5.41, 5.74) is -1.27. The summed E-state index contributed by atoms with van der Waals surface area (Å²) >= 11 is 0. The van der Waals surface area contributed by atoms with E-state index in [9.17, 15) is 9.59 Å². The highest BCUT2D eigenvalue weighted by atomic mass is 16.7. The van der Waals surface area contributed by atoms with E-state index in [0.29, 0.717) is 5.75 Å². The van der Waals surface area contributed by atoms with E-state index in [1.165, 1.54) is 13.8 Å². The number of rotatable bonds is 3. The van der Waals surface area contributed by atoms with E-state index in [4.69, 9.17) is 4.74 Å². The van der Waals surface area contributed by atoms with Gasteiger partial charge in [-0.25, -0.2) is 9.59 Å². The summed E-state index contributed by atoms with van der Waals surface area (Å²) in [4.78, 5) is 22.4. The Morgan fingerprint density at radius 3 is 2.24 bits per heavy atom. The molecule has 5 heteroatoms. The number of esters is 1. The van der Waals surface area contributed by atoms with Crippen molar-refractivity contribution in [2.45, 2.75) is 19.4 Å². The number of para-hydroxylation sites is 1. The maximum atomic E-state index is 11.6. The number of benzene rings is 1. The zero-order valence-corrected chi connectivity index (χ0v) is 9.93. The van der Waals surface area contributed by atoms with E-state index in [1.807, 2.05) is 6.07 Å². The zero-order chi connectivity index (χ0) is 12.9. The predicted octanol–water partition coefficient (Wildman–Crippen LogP) is 2.15. The Bertz CT molecular complexity index is 397. The summed E-state index contributed by atoms with van der Waals surface area (Å²) in [5.74, 6) is -0.299. The second kappa shape index (κ2) is 5.34. The summed E-state index contributed by atoms with van der Waals surface area (Å²) in [7, 11) is 1.13. The van der Waals surface area contributed by atoms with Gasteiger partial charge < -0.3 is 14.2 Å². The molecule has 0 N–H and O–H groups in total. The van der Waals surface area contributed by atoms with Crippen LogP contribution in [0.15, 0.2) is 30.3 Å². The van der Waals surface area contributed by atoms with Crippen LogP contribution in [-0.4, -0.2) is 24.8 Å². The largest absolute Gasteiger partial charge is 0.515 e. The lowest BCUT2D eigenvalue weighted by molar-refractivity contribution is -0.154. The molecule has 0 aromatic heterocycles. The van der Waals surface area contributed by atoms with Gasteiger partial charge in [-0.1, -0.05) is 18.2 Å². The maximum Gasteiger partial charge on any atom is 0.515 e. The van der Waals surface area contributed by atoms with Crippen LogP contribution in [0.5, 0.6) is 5.75 Å². The van der Waals surface area contributed by atoms with Gasteiger partial charge >= 0.3 is 12.1 Å². The predicted molar refractivity (Wildman–Crippen MR) is 59.6 cm³/mol. The molecule has 0 fully saturated rings. The molecule has 0 unspecified atom stereocenters. The lowest BCUT2D eigenvalue weighted by Gasteiger charge is -2.23. The van der Waals surface area contributed by atoms with Gasteiger partial charge in [0, 0.05) is 0 Å². The average Bonchev–Trinajstić information content (AvgIpc) is 2.29. The number of methoxy groups -OCH3 is 1. The first kappa shape index (κ1) is 13.0. The van der Waals surface area contributed by atoms with E-state index in [-0.39, 0.29) is 0 Å². The van der Waals surface area contributed by atoms with Crippen LogP contribution in [-0.2, 0) is 14.3 Å². The molecule has 1 aromatic rings. The third kappa shape index (κ3) is 3.79. The molecule has 1 aromatic carbocycles. The molecule has 5 nitrogen and oxygen atoms in total. The van der Waals surface area contributed by atoms with Gasteiger partial charge in [0.15, 0.2) is 0 Å². The number of carbonyl (C=O) groups is 2. The molecule has 0 amide bonds. The molecule has 0 aliphatic heterocycles. The van der Waals surface area contributed by atoms with E-state index in [2.05, 4.69) is 9.47 Å². The molecule has 1 rings (SSSR count). The fourth-order valence-corrected chi connectivity index (χ4v) is 1.07. The topological polar surface area (TPSA) is 61.8 Å². The molecule has 0 saturated carbocycles. The van der Waals surface area contributed by atoms with Crippen molar-refractivity contribution >= 4 is 12.1 Å². The van der Waals surface area contributed by atoms with Crippen LogP contribution < -0.4 is 4.74 Å². The zero-order valence-electron chi connectivity index (χ0n) is 9.93. The smallest absolute Gasteiger partial charge is 0.476 e. The number of hydrogen-bond donors (Lipinski definition) is 0. The molecule has 92 valence electrons. The van der Waals surface area contributed by atoms with Gasteiger partial charge in [0.05, 0.1) is 7.11 Å². The highest BCUT2D eigenvalue weighted by Gasteiger charge is 2.34. The Kier molecular flexibility index (Phi) is 4.09. The molecule has 0 radical (unpaired) electrons. The minimum absolute atomic E-state index is 0.513. The Hall–Kier alpha value is -2.04. The Balaban J connectivity index is 2.68. The molecule has 0 bridgehead atoms. The van der Waals surface area contributed by atoms with Crippen LogP contribution in [0.3, 0.4) is 0 Å². The van der Waals surface area contributed by atoms with Gasteiger partial charge in [-0.3, -0.25) is 0 Å². The van der Waals surface area contributed by atoms with Gasteiger partial charge in [-0.05, 0) is 26.0 Å². The standard InChI is InChI=1S/C12H14O5/c1-12(2,10(13)16-11(14)15-3)17-9-7-5-4-6-8-9/h4-8H,1-3H3. The molecule has 0 heterocycles. The van der Waals surface area contributed by atoms with Crippen LogP contribution in [0.1, 0.15) is 13.8 Å². The summed E-state index contributed by atoms with van der Waals surface area (Å²) in [6.45, 7) is 3.01. The number of carbonyl (C=O) groups excluding carboxylic acids is 2. The van der Waals surface area contributed by atoms with Crippen molar-refractivity contribution in [3.8, 4) is 5.75 Å². The molecule has 0 aliphatic carbocycles. The SMILES string of the molecule is COC(=O)OC(=O)C(C)(C)Oc1ccccc1. The summed E-state index contributed by atoms with van der Waals surface area (Å²) < 4.78 is 14.1. The lowest BCUT2D eigenvalue weighted by Crippen LogP contribution is -2.40. The van der Waals surface area contributed by atoms with E-state index in [0.717, 1.165) is 7.11 Å². The quantitative estimate of drug-likeness (QED) is 0.596. The molecule has 0 saturated heterocycles. The normalized spacial score (nSPS) is 10.5. The number of hydrogen-bond acceptors (Lipinski definition) is 5. The van der Waals surface area contributed by atoms with Crippen molar-refractivity contribution in [1.29, 1.82) is 0 Å². The first-order valence-electron chi connectivity index (χ1n) is 5.00. The van der Waals surface area contributed by atoms with Crippen molar-refractivity contribution in [1.82, 2.24) is 0 Å². The van der Waals surface area contributed by atoms with Crippen molar-refractivity contribution < 1.29 is 23.8 Å². The third-order valence-corrected chi connectivity index (χ3v) is 1.95. The van der Waals surface area contributed by atoms with Crippen molar-refractivity contribution in [3.05, 3.63) is 30.3 Å². The first-order chi connectivity index (χ1) is 7.95. The van der Waals surface area contributed by atoms with Gasteiger partial charge in [0.25, 0.3) is 0 Å². The van der Waals surface area contributed by atoms with E-state index < -0.39 is 17.7 Å². The van der Waals surface area contributed by atoms with Crippen molar-refractivity contribution in [2.24, 2.45) is 0 Å². The molecule has 0 aliphatic rings. The van der Waals surface area contributed by atoms with Crippen molar-refractivity contribution in [2.75, 3.05) is 7.11 Å². The summed E-state index contributed by atoms with van der Waals surface area (Å²) in [5, 5.41) is 0. The van der Waals surface area contributed by atoms with Crippen LogP contribution in [0, 0.1) is 0 Å². The van der Waals surface area contributed by atoms with Gasteiger partial charge in [0.2, 0.25) is 5.60 Å². The molecular formula is C12H14O5. The summed E-state index contributed by atoms with van der Waals surface area (Å²) in [6, 6.07) is 8.78. The van der Waals surface area contributed by atoms with Crippen LogP contribution in [0.25, 0.3) is 0 Å². The molecule has 0 spiro atoms. The van der Waals surface area contributed by atoms with Gasteiger partial charge in [-0.2, -0.15) is 0 Å². The molecular weight excluding hydrogens is 224 g/mol. The molecule has 0 atom stereocenters.